The average Bonchev–Trinajstić information content (AvgIpc) is 3.23. The zero-order valence-electron chi connectivity index (χ0n) is 18.6. The van der Waals surface area contributed by atoms with Crippen molar-refractivity contribution in [3.63, 3.8) is 0 Å². The van der Waals surface area contributed by atoms with Crippen LogP contribution in [0.1, 0.15) is 60.8 Å². The highest BCUT2D eigenvalue weighted by Gasteiger charge is 2.34. The van der Waals surface area contributed by atoms with Gasteiger partial charge in [0.1, 0.15) is 0 Å². The van der Waals surface area contributed by atoms with Crippen molar-refractivity contribution in [3.8, 4) is 0 Å². The summed E-state index contributed by atoms with van der Waals surface area (Å²) < 4.78 is 0. The number of aromatic nitrogens is 1. The Morgan fingerprint density at radius 2 is 1.94 bits per heavy atom. The maximum atomic E-state index is 12.9. The molecule has 2 aliphatic heterocycles. The highest BCUT2D eigenvalue weighted by atomic mass is 35.5. The van der Waals surface area contributed by atoms with Gasteiger partial charge in [-0.25, -0.2) is 0 Å². The van der Waals surface area contributed by atoms with Crippen molar-refractivity contribution in [2.24, 2.45) is 10.9 Å². The van der Waals surface area contributed by atoms with Crippen LogP contribution < -0.4 is 0 Å². The van der Waals surface area contributed by atoms with E-state index in [4.69, 9.17) is 33.2 Å². The van der Waals surface area contributed by atoms with Crippen LogP contribution in [0, 0.1) is 5.92 Å². The van der Waals surface area contributed by atoms with Gasteiger partial charge in [0.25, 0.3) is 5.91 Å². The van der Waals surface area contributed by atoms with Crippen LogP contribution >= 0.6 is 23.2 Å². The van der Waals surface area contributed by atoms with Crippen molar-refractivity contribution in [1.82, 2.24) is 9.88 Å². The van der Waals surface area contributed by atoms with Crippen molar-refractivity contribution < 1.29 is 4.79 Å². The van der Waals surface area contributed by atoms with E-state index in [2.05, 4.69) is 44.2 Å². The van der Waals surface area contributed by atoms with Crippen LogP contribution in [0.5, 0.6) is 0 Å². The molecule has 0 N–H and O–H groups in total. The summed E-state index contributed by atoms with van der Waals surface area (Å²) in [4.78, 5) is 24.5. The van der Waals surface area contributed by atoms with E-state index in [9.17, 15) is 4.79 Å². The number of carbonyl (C=O) groups is 1. The van der Waals surface area contributed by atoms with E-state index in [1.807, 2.05) is 11.1 Å². The van der Waals surface area contributed by atoms with Gasteiger partial charge >= 0.3 is 0 Å². The molecule has 1 aromatic heterocycles. The van der Waals surface area contributed by atoms with Gasteiger partial charge in [0.15, 0.2) is 0 Å². The first-order valence-electron chi connectivity index (χ1n) is 11.3. The number of aliphatic imine (C=N–C) groups is 1. The SMILES string of the molecule is CC(C)c1cccc(CC2(CC3CCN(C(=O)c4ccc(Cl)c(Cl)c4)CC3)C=CC=N2)n1. The van der Waals surface area contributed by atoms with E-state index in [0.29, 0.717) is 27.4 Å². The molecule has 1 atom stereocenters. The van der Waals surface area contributed by atoms with Crippen molar-refractivity contribution in [2.45, 2.75) is 51.0 Å². The fourth-order valence-electron chi connectivity index (χ4n) is 4.64. The van der Waals surface area contributed by atoms with E-state index >= 15 is 0 Å². The molecular weight excluding hydrogens is 441 g/mol. The zero-order chi connectivity index (χ0) is 22.7. The van der Waals surface area contributed by atoms with Crippen LogP contribution in [0.25, 0.3) is 0 Å². The summed E-state index contributed by atoms with van der Waals surface area (Å²) in [5.74, 6) is 0.942. The van der Waals surface area contributed by atoms with Crippen LogP contribution in [0.15, 0.2) is 53.5 Å². The summed E-state index contributed by atoms with van der Waals surface area (Å²) in [5, 5.41) is 0.876. The third kappa shape index (κ3) is 5.24. The number of hydrogen-bond acceptors (Lipinski definition) is 3. The lowest BCUT2D eigenvalue weighted by Crippen LogP contribution is -2.40. The summed E-state index contributed by atoms with van der Waals surface area (Å²) in [7, 11) is 0. The number of benzene rings is 1. The quantitative estimate of drug-likeness (QED) is 0.492. The molecule has 1 aromatic carbocycles. The lowest BCUT2D eigenvalue weighted by Gasteiger charge is -2.36. The molecule has 0 spiro atoms. The molecule has 4 rings (SSSR count). The number of halogens is 2. The highest BCUT2D eigenvalue weighted by Crippen LogP contribution is 2.34. The summed E-state index contributed by atoms with van der Waals surface area (Å²) in [5.41, 5.74) is 2.57. The number of pyridine rings is 1. The van der Waals surface area contributed by atoms with Crippen molar-refractivity contribution in [2.75, 3.05) is 13.1 Å². The summed E-state index contributed by atoms with van der Waals surface area (Å²) >= 11 is 12.1. The van der Waals surface area contributed by atoms with Gasteiger partial charge in [0, 0.05) is 42.7 Å². The molecule has 1 fully saturated rings. The Balaban J connectivity index is 1.39. The predicted octanol–water partition coefficient (Wildman–Crippen LogP) is 6.38. The molecular formula is C26H29Cl2N3O. The molecule has 1 saturated heterocycles. The molecule has 32 heavy (non-hydrogen) atoms. The maximum absolute atomic E-state index is 12.9. The molecule has 2 aromatic rings. The first kappa shape index (κ1) is 23.0. The van der Waals surface area contributed by atoms with Gasteiger partial charge in [0.05, 0.1) is 15.6 Å². The lowest BCUT2D eigenvalue weighted by molar-refractivity contribution is 0.0679. The summed E-state index contributed by atoms with van der Waals surface area (Å²) in [6.45, 7) is 5.83. The largest absolute Gasteiger partial charge is 0.339 e. The molecule has 1 unspecified atom stereocenters. The number of nitrogens with zero attached hydrogens (tertiary/aromatic N) is 3. The van der Waals surface area contributed by atoms with Crippen LogP contribution in [0.2, 0.25) is 10.0 Å². The minimum absolute atomic E-state index is 0.0187. The normalized spacial score (nSPS) is 21.0. The first-order valence-corrected chi connectivity index (χ1v) is 12.0. The Bertz CT molecular complexity index is 1030. The highest BCUT2D eigenvalue weighted by molar-refractivity contribution is 6.42. The number of likely N-dealkylation sites (tertiary alicyclic amines) is 1. The van der Waals surface area contributed by atoms with E-state index < -0.39 is 0 Å². The Labute approximate surface area is 200 Å². The summed E-state index contributed by atoms with van der Waals surface area (Å²) in [6.07, 6.45) is 9.91. The molecule has 6 heteroatoms. The Hall–Kier alpha value is -2.17. The van der Waals surface area contributed by atoms with Crippen LogP contribution in [-0.2, 0) is 6.42 Å². The second kappa shape index (κ2) is 9.76. The molecule has 1 amide bonds. The number of piperidine rings is 1. The third-order valence-corrected chi connectivity index (χ3v) is 7.18. The van der Waals surface area contributed by atoms with Gasteiger partial charge in [-0.3, -0.25) is 14.8 Å². The Kier molecular flexibility index (Phi) is 7.02. The van der Waals surface area contributed by atoms with E-state index in [1.165, 1.54) is 0 Å². The molecule has 0 aliphatic carbocycles. The fourth-order valence-corrected chi connectivity index (χ4v) is 4.94. The number of amides is 1. The third-order valence-electron chi connectivity index (χ3n) is 6.44. The van der Waals surface area contributed by atoms with Gasteiger partial charge in [-0.15, -0.1) is 0 Å². The number of carbonyl (C=O) groups excluding carboxylic acids is 1. The maximum Gasteiger partial charge on any atom is 0.253 e. The van der Waals surface area contributed by atoms with Crippen molar-refractivity contribution in [3.05, 3.63) is 75.5 Å². The van der Waals surface area contributed by atoms with Crippen LogP contribution in [0.3, 0.4) is 0 Å². The van der Waals surface area contributed by atoms with Gasteiger partial charge in [-0.2, -0.15) is 0 Å². The minimum atomic E-state index is -0.233. The van der Waals surface area contributed by atoms with Crippen molar-refractivity contribution >= 4 is 35.3 Å². The molecule has 168 valence electrons. The van der Waals surface area contributed by atoms with E-state index in [-0.39, 0.29) is 11.4 Å². The molecule has 0 radical (unpaired) electrons. The molecule has 4 nitrogen and oxygen atoms in total. The smallest absolute Gasteiger partial charge is 0.253 e. The number of hydrogen-bond donors (Lipinski definition) is 0. The monoisotopic (exact) mass is 469 g/mol. The van der Waals surface area contributed by atoms with Gasteiger partial charge < -0.3 is 4.90 Å². The lowest BCUT2D eigenvalue weighted by atomic mass is 9.80. The molecule has 2 aliphatic rings. The molecule has 0 saturated carbocycles. The second-order valence-electron chi connectivity index (χ2n) is 9.19. The Morgan fingerprint density at radius 1 is 1.16 bits per heavy atom. The number of rotatable bonds is 6. The Morgan fingerprint density at radius 3 is 2.59 bits per heavy atom. The van der Waals surface area contributed by atoms with E-state index in [0.717, 1.165) is 50.2 Å². The molecule has 3 heterocycles. The van der Waals surface area contributed by atoms with Gasteiger partial charge in [-0.05, 0) is 67.5 Å². The fraction of sp³-hybridized carbons (Fsp3) is 0.423. The summed E-state index contributed by atoms with van der Waals surface area (Å²) in [6, 6.07) is 11.4. The van der Waals surface area contributed by atoms with Gasteiger partial charge in [0.2, 0.25) is 0 Å². The minimum Gasteiger partial charge on any atom is -0.339 e. The van der Waals surface area contributed by atoms with Gasteiger partial charge in [-0.1, -0.05) is 49.2 Å². The molecule has 0 bridgehead atoms. The van der Waals surface area contributed by atoms with Crippen molar-refractivity contribution in [1.29, 1.82) is 0 Å². The average molecular weight is 470 g/mol. The topological polar surface area (TPSA) is 45.6 Å². The second-order valence-corrected chi connectivity index (χ2v) is 10.0. The number of allylic oxidation sites excluding steroid dienone is 1. The van der Waals surface area contributed by atoms with Crippen LogP contribution in [0.4, 0.5) is 0 Å². The van der Waals surface area contributed by atoms with E-state index in [1.54, 1.807) is 18.2 Å². The standard InChI is InChI=1S/C26H29Cl2N3O/c1-18(2)24-6-3-5-21(30-24)17-26(11-4-12-29-26)16-19-9-13-31(14-10-19)25(32)20-7-8-22(27)23(28)15-20/h3-8,11-12,15,18-19H,9-10,13-14,16-17H2,1-2H3. The van der Waals surface area contributed by atoms with Crippen LogP contribution in [-0.4, -0.2) is 40.6 Å². The zero-order valence-corrected chi connectivity index (χ0v) is 20.1. The predicted molar refractivity (Wildman–Crippen MR) is 132 cm³/mol. The first-order chi connectivity index (χ1) is 15.3.